The minimum Gasteiger partial charge on any atom is -0.472 e. The van der Waals surface area contributed by atoms with Crippen LogP contribution in [0, 0.1) is 0 Å². The summed E-state index contributed by atoms with van der Waals surface area (Å²) in [6.07, 6.45) is 6.27. The average Bonchev–Trinajstić information content (AvgIpc) is 2.99. The maximum absolute atomic E-state index is 12.2. The summed E-state index contributed by atoms with van der Waals surface area (Å²) >= 11 is 0. The predicted octanol–water partition coefficient (Wildman–Crippen LogP) is 1.81. The Bertz CT molecular complexity index is 423. The first-order valence-electron chi connectivity index (χ1n) is 7.78. The Labute approximate surface area is 127 Å². The molecule has 0 spiro atoms. The topological polar surface area (TPSA) is 48.7 Å². The lowest BCUT2D eigenvalue weighted by atomic mass is 10.0. The molecule has 5 nitrogen and oxygen atoms in total. The molecule has 0 bridgehead atoms. The van der Waals surface area contributed by atoms with Crippen molar-refractivity contribution in [1.82, 2.24) is 15.1 Å². The molecule has 0 aliphatic carbocycles. The van der Waals surface area contributed by atoms with E-state index in [0.717, 1.165) is 38.9 Å². The van der Waals surface area contributed by atoms with Crippen LogP contribution >= 0.6 is 0 Å². The van der Waals surface area contributed by atoms with Crippen molar-refractivity contribution in [3.8, 4) is 0 Å². The van der Waals surface area contributed by atoms with Crippen molar-refractivity contribution in [2.75, 3.05) is 33.7 Å². The zero-order chi connectivity index (χ0) is 15.2. The number of nitrogens with zero attached hydrogens (tertiary/aromatic N) is 2. The summed E-state index contributed by atoms with van der Waals surface area (Å²) < 4.78 is 4.98. The van der Waals surface area contributed by atoms with Crippen LogP contribution in [0.5, 0.6) is 0 Å². The van der Waals surface area contributed by atoms with Gasteiger partial charge in [0, 0.05) is 25.2 Å². The SMILES string of the molecule is CC(CCN(C)C)NC1CCN(C(=O)c2ccoc2)CC1. The molecular weight excluding hydrogens is 266 g/mol. The molecule has 5 heteroatoms. The quantitative estimate of drug-likeness (QED) is 0.869. The zero-order valence-electron chi connectivity index (χ0n) is 13.3. The van der Waals surface area contributed by atoms with Crippen LogP contribution in [0.1, 0.15) is 36.5 Å². The standard InChI is InChI=1S/C16H27N3O2/c1-13(4-8-18(2)3)17-15-5-9-19(10-6-15)16(20)14-7-11-21-12-14/h7,11-13,15,17H,4-6,8-10H2,1-3H3. The Morgan fingerprint density at radius 3 is 2.76 bits per heavy atom. The highest BCUT2D eigenvalue weighted by Crippen LogP contribution is 2.15. The van der Waals surface area contributed by atoms with Crippen molar-refractivity contribution in [2.45, 2.75) is 38.3 Å². The molecule has 2 rings (SSSR count). The predicted molar refractivity (Wildman–Crippen MR) is 83.4 cm³/mol. The van der Waals surface area contributed by atoms with E-state index in [-0.39, 0.29) is 5.91 Å². The average molecular weight is 293 g/mol. The summed E-state index contributed by atoms with van der Waals surface area (Å²) in [5, 5.41) is 3.69. The third-order valence-electron chi connectivity index (χ3n) is 4.08. The summed E-state index contributed by atoms with van der Waals surface area (Å²) in [5.74, 6) is 0.0860. The van der Waals surface area contributed by atoms with Gasteiger partial charge >= 0.3 is 0 Å². The van der Waals surface area contributed by atoms with Crippen LogP contribution in [-0.4, -0.2) is 61.5 Å². The highest BCUT2D eigenvalue weighted by molar-refractivity contribution is 5.93. The molecule has 1 N–H and O–H groups in total. The Morgan fingerprint density at radius 1 is 1.48 bits per heavy atom. The highest BCUT2D eigenvalue weighted by Gasteiger charge is 2.24. The van der Waals surface area contributed by atoms with Gasteiger partial charge in [0.05, 0.1) is 11.8 Å². The fraction of sp³-hybridized carbons (Fsp3) is 0.688. The van der Waals surface area contributed by atoms with Gasteiger partial charge in [0.2, 0.25) is 0 Å². The molecule has 0 saturated carbocycles. The van der Waals surface area contributed by atoms with E-state index in [1.807, 2.05) is 4.90 Å². The Balaban J connectivity index is 1.72. The number of hydrogen-bond acceptors (Lipinski definition) is 4. The number of hydrogen-bond donors (Lipinski definition) is 1. The van der Waals surface area contributed by atoms with Gasteiger partial charge in [0.15, 0.2) is 0 Å². The smallest absolute Gasteiger partial charge is 0.257 e. The molecule has 118 valence electrons. The molecule has 1 saturated heterocycles. The van der Waals surface area contributed by atoms with Gasteiger partial charge in [-0.3, -0.25) is 4.79 Å². The minimum absolute atomic E-state index is 0.0860. The van der Waals surface area contributed by atoms with Crippen molar-refractivity contribution in [3.05, 3.63) is 24.2 Å². The van der Waals surface area contributed by atoms with Gasteiger partial charge < -0.3 is 19.5 Å². The second-order valence-electron chi connectivity index (χ2n) is 6.24. The van der Waals surface area contributed by atoms with Crippen LogP contribution in [-0.2, 0) is 0 Å². The number of piperidine rings is 1. The summed E-state index contributed by atoms with van der Waals surface area (Å²) in [5.41, 5.74) is 0.653. The molecule has 1 aromatic heterocycles. The van der Waals surface area contributed by atoms with E-state index in [4.69, 9.17) is 4.42 Å². The summed E-state index contributed by atoms with van der Waals surface area (Å²) in [6.45, 7) is 4.99. The van der Waals surface area contributed by atoms with E-state index in [2.05, 4.69) is 31.2 Å². The summed E-state index contributed by atoms with van der Waals surface area (Å²) in [4.78, 5) is 16.3. The molecule has 1 aliphatic heterocycles. The van der Waals surface area contributed by atoms with Gasteiger partial charge in [-0.1, -0.05) is 0 Å². The number of rotatable bonds is 6. The monoisotopic (exact) mass is 293 g/mol. The first-order chi connectivity index (χ1) is 10.1. The molecule has 0 radical (unpaired) electrons. The number of carbonyl (C=O) groups is 1. The number of carbonyl (C=O) groups excluding carboxylic acids is 1. The zero-order valence-corrected chi connectivity index (χ0v) is 13.3. The van der Waals surface area contributed by atoms with Gasteiger partial charge in [-0.2, -0.15) is 0 Å². The van der Waals surface area contributed by atoms with Gasteiger partial charge in [0.25, 0.3) is 5.91 Å². The van der Waals surface area contributed by atoms with Crippen LogP contribution in [0.3, 0.4) is 0 Å². The molecule has 1 amide bonds. The molecule has 1 unspecified atom stereocenters. The lowest BCUT2D eigenvalue weighted by molar-refractivity contribution is 0.0701. The van der Waals surface area contributed by atoms with Gasteiger partial charge in [0.1, 0.15) is 6.26 Å². The highest BCUT2D eigenvalue weighted by atomic mass is 16.3. The lowest BCUT2D eigenvalue weighted by Crippen LogP contribution is -2.47. The first-order valence-corrected chi connectivity index (χ1v) is 7.78. The molecular formula is C16H27N3O2. The number of furan rings is 1. The molecule has 1 fully saturated rings. The van der Waals surface area contributed by atoms with Crippen molar-refractivity contribution >= 4 is 5.91 Å². The molecule has 1 atom stereocenters. The van der Waals surface area contributed by atoms with Gasteiger partial charge in [-0.15, -0.1) is 0 Å². The normalized spacial score (nSPS) is 18.2. The maximum Gasteiger partial charge on any atom is 0.257 e. The van der Waals surface area contributed by atoms with Crippen molar-refractivity contribution < 1.29 is 9.21 Å². The van der Waals surface area contributed by atoms with E-state index in [9.17, 15) is 4.79 Å². The fourth-order valence-corrected chi connectivity index (χ4v) is 2.76. The van der Waals surface area contributed by atoms with Crippen LogP contribution < -0.4 is 5.32 Å². The van der Waals surface area contributed by atoms with Crippen LogP contribution in [0.15, 0.2) is 23.0 Å². The minimum atomic E-state index is 0.0860. The van der Waals surface area contributed by atoms with E-state index in [1.165, 1.54) is 6.26 Å². The van der Waals surface area contributed by atoms with E-state index >= 15 is 0 Å². The molecule has 21 heavy (non-hydrogen) atoms. The second-order valence-corrected chi connectivity index (χ2v) is 6.24. The van der Waals surface area contributed by atoms with E-state index in [1.54, 1.807) is 12.3 Å². The maximum atomic E-state index is 12.2. The van der Waals surface area contributed by atoms with E-state index < -0.39 is 0 Å². The van der Waals surface area contributed by atoms with Crippen molar-refractivity contribution in [2.24, 2.45) is 0 Å². The Hall–Kier alpha value is -1.33. The molecule has 2 heterocycles. The fourth-order valence-electron chi connectivity index (χ4n) is 2.76. The molecule has 1 aromatic rings. The first kappa shape index (κ1) is 16.0. The number of amides is 1. The van der Waals surface area contributed by atoms with Gasteiger partial charge in [-0.25, -0.2) is 0 Å². The Morgan fingerprint density at radius 2 is 2.19 bits per heavy atom. The van der Waals surface area contributed by atoms with Gasteiger partial charge in [-0.05, 0) is 52.9 Å². The number of nitrogens with one attached hydrogen (secondary N) is 1. The largest absolute Gasteiger partial charge is 0.472 e. The number of likely N-dealkylation sites (tertiary alicyclic amines) is 1. The van der Waals surface area contributed by atoms with Crippen LogP contribution in [0.4, 0.5) is 0 Å². The van der Waals surface area contributed by atoms with E-state index in [0.29, 0.717) is 17.6 Å². The van der Waals surface area contributed by atoms with Crippen molar-refractivity contribution in [1.29, 1.82) is 0 Å². The molecule has 1 aliphatic rings. The summed E-state index contributed by atoms with van der Waals surface area (Å²) in [6, 6.07) is 2.78. The lowest BCUT2D eigenvalue weighted by Gasteiger charge is -2.34. The third-order valence-corrected chi connectivity index (χ3v) is 4.08. The molecule has 0 aromatic carbocycles. The van der Waals surface area contributed by atoms with Crippen LogP contribution in [0.25, 0.3) is 0 Å². The summed E-state index contributed by atoms with van der Waals surface area (Å²) in [7, 11) is 4.21. The third kappa shape index (κ3) is 4.86. The second kappa shape index (κ2) is 7.61. The van der Waals surface area contributed by atoms with Crippen LogP contribution in [0.2, 0.25) is 0 Å². The Kier molecular flexibility index (Phi) is 5.82. The van der Waals surface area contributed by atoms with Crippen molar-refractivity contribution in [3.63, 3.8) is 0 Å².